The minimum atomic E-state index is -0.316. The number of carbonyl (C=O) groups is 1. The molecule has 3 nitrogen and oxygen atoms in total. The van der Waals surface area contributed by atoms with Gasteiger partial charge in [-0.05, 0) is 41.9 Å². The van der Waals surface area contributed by atoms with Gasteiger partial charge in [0.15, 0.2) is 5.11 Å². The van der Waals surface area contributed by atoms with Crippen LogP contribution in [0.1, 0.15) is 27.2 Å². The maximum Gasteiger partial charge on any atom is 0.226 e. The Kier molecular flexibility index (Phi) is 4.78. The van der Waals surface area contributed by atoms with E-state index in [2.05, 4.69) is 10.6 Å². The van der Waals surface area contributed by atoms with E-state index in [1.54, 1.807) is 12.1 Å². The highest BCUT2D eigenvalue weighted by molar-refractivity contribution is 7.80. The van der Waals surface area contributed by atoms with Crippen LogP contribution >= 0.6 is 12.2 Å². The fourth-order valence-electron chi connectivity index (χ4n) is 1.35. The summed E-state index contributed by atoms with van der Waals surface area (Å²) in [4.78, 5) is 11.6. The first-order valence-electron chi connectivity index (χ1n) is 5.63. The molecule has 1 aromatic rings. The molecule has 0 aliphatic rings. The molecule has 0 atom stereocenters. The molecule has 18 heavy (non-hydrogen) atoms. The molecule has 0 unspecified atom stereocenters. The molecular weight excluding hydrogens is 251 g/mol. The first-order valence-corrected chi connectivity index (χ1v) is 6.03. The van der Waals surface area contributed by atoms with Crippen LogP contribution in [0.5, 0.6) is 0 Å². The predicted molar refractivity (Wildman–Crippen MR) is 74.8 cm³/mol. The van der Waals surface area contributed by atoms with Crippen molar-refractivity contribution in [3.05, 3.63) is 30.1 Å². The van der Waals surface area contributed by atoms with Crippen LogP contribution in [-0.4, -0.2) is 11.0 Å². The van der Waals surface area contributed by atoms with Crippen LogP contribution in [0.25, 0.3) is 0 Å². The van der Waals surface area contributed by atoms with Crippen molar-refractivity contribution in [1.29, 1.82) is 0 Å². The number of nitrogens with one attached hydrogen (secondary N) is 2. The second-order valence-corrected chi connectivity index (χ2v) is 5.65. The molecule has 0 saturated heterocycles. The van der Waals surface area contributed by atoms with Gasteiger partial charge in [-0.25, -0.2) is 4.39 Å². The van der Waals surface area contributed by atoms with Gasteiger partial charge in [-0.2, -0.15) is 0 Å². The molecule has 0 bridgehead atoms. The molecule has 0 fully saturated rings. The lowest BCUT2D eigenvalue weighted by Gasteiger charge is -2.17. The van der Waals surface area contributed by atoms with Crippen molar-refractivity contribution < 1.29 is 9.18 Å². The molecular formula is C13H17FN2OS. The Morgan fingerprint density at radius 3 is 2.33 bits per heavy atom. The summed E-state index contributed by atoms with van der Waals surface area (Å²) in [6.45, 7) is 5.93. The van der Waals surface area contributed by atoms with E-state index in [4.69, 9.17) is 12.2 Å². The van der Waals surface area contributed by atoms with E-state index in [1.807, 2.05) is 20.8 Å². The minimum absolute atomic E-state index is 0.0877. The largest absolute Gasteiger partial charge is 0.332 e. The third-order valence-corrected chi connectivity index (χ3v) is 2.25. The number of benzene rings is 1. The van der Waals surface area contributed by atoms with Crippen molar-refractivity contribution in [1.82, 2.24) is 5.32 Å². The smallest absolute Gasteiger partial charge is 0.226 e. The topological polar surface area (TPSA) is 41.1 Å². The minimum Gasteiger partial charge on any atom is -0.332 e. The van der Waals surface area contributed by atoms with Gasteiger partial charge in [0.1, 0.15) is 5.82 Å². The summed E-state index contributed by atoms with van der Waals surface area (Å²) in [5.74, 6) is -0.453. The highest BCUT2D eigenvalue weighted by Crippen LogP contribution is 2.17. The Balaban J connectivity index is 2.47. The van der Waals surface area contributed by atoms with Gasteiger partial charge in [-0.1, -0.05) is 20.8 Å². The monoisotopic (exact) mass is 268 g/mol. The zero-order chi connectivity index (χ0) is 13.8. The number of carbonyl (C=O) groups excluding carboxylic acids is 1. The Hall–Kier alpha value is -1.49. The lowest BCUT2D eigenvalue weighted by Crippen LogP contribution is -2.36. The van der Waals surface area contributed by atoms with Crippen molar-refractivity contribution in [2.24, 2.45) is 5.41 Å². The lowest BCUT2D eigenvalue weighted by atomic mass is 9.92. The van der Waals surface area contributed by atoms with E-state index in [9.17, 15) is 9.18 Å². The summed E-state index contributed by atoms with van der Waals surface area (Å²) in [5, 5.41) is 5.62. The molecule has 0 aromatic heterocycles. The number of halogens is 1. The molecule has 0 heterocycles. The second kappa shape index (κ2) is 5.91. The van der Waals surface area contributed by atoms with Crippen LogP contribution in [0.3, 0.4) is 0 Å². The Morgan fingerprint density at radius 1 is 1.28 bits per heavy atom. The van der Waals surface area contributed by atoms with Crippen molar-refractivity contribution in [2.75, 3.05) is 5.32 Å². The summed E-state index contributed by atoms with van der Waals surface area (Å²) in [6.07, 6.45) is 0.387. The SMILES string of the molecule is CC(C)(C)CC(=O)NC(=S)Nc1ccc(F)cc1. The van der Waals surface area contributed by atoms with Gasteiger partial charge in [-0.3, -0.25) is 4.79 Å². The first-order chi connectivity index (χ1) is 8.26. The average Bonchev–Trinajstić information content (AvgIpc) is 2.18. The number of thiocarbonyl (C=S) groups is 1. The van der Waals surface area contributed by atoms with Crippen molar-refractivity contribution in [3.63, 3.8) is 0 Å². The second-order valence-electron chi connectivity index (χ2n) is 5.25. The van der Waals surface area contributed by atoms with Gasteiger partial charge >= 0.3 is 0 Å². The van der Waals surface area contributed by atoms with Crippen LogP contribution in [0.4, 0.5) is 10.1 Å². The quantitative estimate of drug-likeness (QED) is 0.810. The van der Waals surface area contributed by atoms with Gasteiger partial charge in [0, 0.05) is 12.1 Å². The first kappa shape index (κ1) is 14.6. The molecule has 1 amide bonds. The highest BCUT2D eigenvalue weighted by atomic mass is 32.1. The summed E-state index contributed by atoms with van der Waals surface area (Å²) < 4.78 is 12.7. The third kappa shape index (κ3) is 5.72. The van der Waals surface area contributed by atoms with Gasteiger partial charge in [0.05, 0.1) is 0 Å². The number of hydrogen-bond donors (Lipinski definition) is 2. The van der Waals surface area contributed by atoms with Crippen LogP contribution in [-0.2, 0) is 4.79 Å². The van der Waals surface area contributed by atoms with Crippen LogP contribution in [0.2, 0.25) is 0 Å². The van der Waals surface area contributed by atoms with Crippen LogP contribution in [0, 0.1) is 11.2 Å². The van der Waals surface area contributed by atoms with Crippen LogP contribution in [0.15, 0.2) is 24.3 Å². The standard InChI is InChI=1S/C13H17FN2OS/c1-13(2,3)8-11(17)16-12(18)15-10-6-4-9(14)5-7-10/h4-7H,8H2,1-3H3,(H2,15,16,17,18). The van der Waals surface area contributed by atoms with E-state index in [0.29, 0.717) is 12.1 Å². The maximum atomic E-state index is 12.7. The molecule has 1 aromatic carbocycles. The molecule has 0 spiro atoms. The number of rotatable bonds is 2. The van der Waals surface area contributed by atoms with Crippen molar-refractivity contribution in [3.8, 4) is 0 Å². The Bertz CT molecular complexity index is 437. The predicted octanol–water partition coefficient (Wildman–Crippen LogP) is 3.07. The summed E-state index contributed by atoms with van der Waals surface area (Å²) in [6, 6.07) is 5.75. The summed E-state index contributed by atoms with van der Waals surface area (Å²) >= 11 is 5.00. The zero-order valence-corrected chi connectivity index (χ0v) is 11.5. The molecule has 0 radical (unpaired) electrons. The third-order valence-electron chi connectivity index (χ3n) is 2.05. The fraction of sp³-hybridized carbons (Fsp3) is 0.385. The van der Waals surface area contributed by atoms with Gasteiger partial charge in [0.2, 0.25) is 5.91 Å². The van der Waals surface area contributed by atoms with Crippen LogP contribution < -0.4 is 10.6 Å². The molecule has 0 saturated carbocycles. The van der Waals surface area contributed by atoms with E-state index in [-0.39, 0.29) is 22.3 Å². The molecule has 0 aliphatic heterocycles. The normalized spacial score (nSPS) is 10.9. The van der Waals surface area contributed by atoms with Gasteiger partial charge in [-0.15, -0.1) is 0 Å². The molecule has 5 heteroatoms. The van der Waals surface area contributed by atoms with E-state index in [0.717, 1.165) is 0 Å². The maximum absolute atomic E-state index is 12.7. The molecule has 98 valence electrons. The summed E-state index contributed by atoms with van der Waals surface area (Å²) in [5.41, 5.74) is 0.549. The highest BCUT2D eigenvalue weighted by Gasteiger charge is 2.16. The summed E-state index contributed by atoms with van der Waals surface area (Å²) in [7, 11) is 0. The van der Waals surface area contributed by atoms with Gasteiger partial charge < -0.3 is 10.6 Å². The number of anilines is 1. The molecule has 1 rings (SSSR count). The number of amides is 1. The van der Waals surface area contributed by atoms with E-state index >= 15 is 0 Å². The van der Waals surface area contributed by atoms with Gasteiger partial charge in [0.25, 0.3) is 0 Å². The van der Waals surface area contributed by atoms with Crippen molar-refractivity contribution in [2.45, 2.75) is 27.2 Å². The Morgan fingerprint density at radius 2 is 1.83 bits per heavy atom. The van der Waals surface area contributed by atoms with E-state index in [1.165, 1.54) is 12.1 Å². The average molecular weight is 268 g/mol. The fourth-order valence-corrected chi connectivity index (χ4v) is 1.58. The molecule has 0 aliphatic carbocycles. The zero-order valence-electron chi connectivity index (χ0n) is 10.7. The lowest BCUT2D eigenvalue weighted by molar-refractivity contribution is -0.121. The molecule has 2 N–H and O–H groups in total. The van der Waals surface area contributed by atoms with Crippen molar-refractivity contribution >= 4 is 28.9 Å². The Labute approximate surface area is 112 Å². The van der Waals surface area contributed by atoms with E-state index < -0.39 is 0 Å². The number of hydrogen-bond acceptors (Lipinski definition) is 2.